The average Bonchev–Trinajstić information content (AvgIpc) is 2.71. The Bertz CT molecular complexity index is 897. The van der Waals surface area contributed by atoms with E-state index in [2.05, 4.69) is 22.5 Å². The predicted molar refractivity (Wildman–Crippen MR) is 117 cm³/mol. The normalized spacial score (nSPS) is 12.0. The quantitative estimate of drug-likeness (QED) is 0.349. The van der Waals surface area contributed by atoms with Gasteiger partial charge >= 0.3 is 6.03 Å². The first-order valence-corrected chi connectivity index (χ1v) is 11.2. The fourth-order valence-corrected chi connectivity index (χ4v) is 3.63. The number of carbonyl (C=O) groups is 2. The topological polar surface area (TPSA) is 93.1 Å². The minimum Gasteiger partial charge on any atom is -0.335 e. The second-order valence-electron chi connectivity index (χ2n) is 7.05. The smallest absolute Gasteiger partial charge is 0.321 e. The van der Waals surface area contributed by atoms with E-state index in [9.17, 15) is 14.4 Å². The molecule has 2 aromatic rings. The first kappa shape index (κ1) is 22.9. The van der Waals surface area contributed by atoms with E-state index in [1.807, 2.05) is 26.0 Å². The number of rotatable bonds is 10. The van der Waals surface area contributed by atoms with Gasteiger partial charge in [-0.05, 0) is 31.9 Å². The van der Waals surface area contributed by atoms with Crippen LogP contribution in [-0.4, -0.2) is 33.3 Å². The van der Waals surface area contributed by atoms with Crippen molar-refractivity contribution in [1.29, 1.82) is 0 Å². The van der Waals surface area contributed by atoms with Crippen molar-refractivity contribution in [3.63, 3.8) is 0 Å². The van der Waals surface area contributed by atoms with Gasteiger partial charge in [-0.3, -0.25) is 19.5 Å². The summed E-state index contributed by atoms with van der Waals surface area (Å²) in [7, 11) is 0. The summed E-state index contributed by atoms with van der Waals surface area (Å²) in [5, 5.41) is 6.09. The van der Waals surface area contributed by atoms with E-state index < -0.39 is 11.9 Å². The number of unbranched alkanes of at least 4 members (excludes halogenated alkanes) is 3. The third-order valence-electron chi connectivity index (χ3n) is 4.64. The van der Waals surface area contributed by atoms with Crippen molar-refractivity contribution >= 4 is 34.6 Å². The molecule has 0 aliphatic heterocycles. The van der Waals surface area contributed by atoms with Crippen LogP contribution in [0.25, 0.3) is 10.9 Å². The molecule has 0 radical (unpaired) electrons. The van der Waals surface area contributed by atoms with Crippen molar-refractivity contribution in [2.24, 2.45) is 0 Å². The summed E-state index contributed by atoms with van der Waals surface area (Å²) < 4.78 is 1.65. The number of thioether (sulfide) groups is 1. The molecular formula is C21H30N4O3S. The van der Waals surface area contributed by atoms with E-state index in [4.69, 9.17) is 0 Å². The van der Waals surface area contributed by atoms with Gasteiger partial charge in [-0.25, -0.2) is 9.78 Å². The summed E-state index contributed by atoms with van der Waals surface area (Å²) in [6.45, 7) is 6.53. The molecule has 0 fully saturated rings. The fraction of sp³-hybridized carbons (Fsp3) is 0.524. The molecule has 8 heteroatoms. The second-order valence-corrected chi connectivity index (χ2v) is 7.99. The number of nitrogens with zero attached hydrogens (tertiary/aromatic N) is 2. The summed E-state index contributed by atoms with van der Waals surface area (Å²) in [4.78, 5) is 41.5. The zero-order valence-corrected chi connectivity index (χ0v) is 18.2. The van der Waals surface area contributed by atoms with Gasteiger partial charge in [0.1, 0.15) is 0 Å². The molecule has 0 unspecified atom stereocenters. The highest BCUT2D eigenvalue weighted by atomic mass is 32.2. The Kier molecular flexibility index (Phi) is 9.18. The van der Waals surface area contributed by atoms with E-state index >= 15 is 0 Å². The van der Waals surface area contributed by atoms with Gasteiger partial charge in [0, 0.05) is 12.6 Å². The van der Waals surface area contributed by atoms with Crippen LogP contribution in [0.5, 0.6) is 0 Å². The van der Waals surface area contributed by atoms with Crippen LogP contribution in [0.3, 0.4) is 0 Å². The summed E-state index contributed by atoms with van der Waals surface area (Å²) in [6, 6.07) is 6.71. The van der Waals surface area contributed by atoms with Crippen LogP contribution in [0.15, 0.2) is 34.2 Å². The lowest BCUT2D eigenvalue weighted by molar-refractivity contribution is -0.117. The van der Waals surface area contributed by atoms with E-state index in [0.717, 1.165) is 32.1 Å². The molecule has 1 heterocycles. The number of nitrogens with one attached hydrogen (secondary N) is 2. The van der Waals surface area contributed by atoms with Crippen LogP contribution in [0.2, 0.25) is 0 Å². The molecule has 7 nitrogen and oxygen atoms in total. The van der Waals surface area contributed by atoms with Gasteiger partial charge in [0.05, 0.1) is 16.7 Å². The molecule has 2 rings (SSSR count). The third kappa shape index (κ3) is 6.88. The number of hydrogen-bond donors (Lipinski definition) is 2. The zero-order chi connectivity index (χ0) is 21.2. The number of imide groups is 1. The molecule has 1 aromatic carbocycles. The molecule has 0 saturated heterocycles. The molecule has 1 aromatic heterocycles. The van der Waals surface area contributed by atoms with Gasteiger partial charge in [-0.15, -0.1) is 0 Å². The molecule has 0 aliphatic rings. The van der Waals surface area contributed by atoms with Crippen molar-refractivity contribution in [3.8, 4) is 0 Å². The van der Waals surface area contributed by atoms with Crippen molar-refractivity contribution in [1.82, 2.24) is 20.2 Å². The van der Waals surface area contributed by atoms with Gasteiger partial charge in [0.15, 0.2) is 5.16 Å². The number of amides is 3. The minimum absolute atomic E-state index is 0.00761. The Morgan fingerprint density at radius 1 is 1.17 bits per heavy atom. The number of hydrogen-bond acceptors (Lipinski definition) is 5. The Morgan fingerprint density at radius 3 is 2.66 bits per heavy atom. The average molecular weight is 419 g/mol. The first-order valence-electron chi connectivity index (χ1n) is 10.2. The number of carbonyl (C=O) groups excluding carboxylic acids is 2. The lowest BCUT2D eigenvalue weighted by atomic mass is 10.2. The van der Waals surface area contributed by atoms with E-state index in [1.54, 1.807) is 16.7 Å². The largest absolute Gasteiger partial charge is 0.335 e. The standard InChI is InChI=1S/C21H30N4O3S/c1-4-6-7-10-13-25-19(27)16-11-8-9-12-17(16)23-21(25)29-14-18(26)24-20(28)22-15(3)5-2/h8-9,11-12,15H,4-7,10,13-14H2,1-3H3,(H2,22,24,26,28)/t15-/m1/s1. The molecule has 29 heavy (non-hydrogen) atoms. The molecule has 158 valence electrons. The fourth-order valence-electron chi connectivity index (χ4n) is 2.81. The maximum atomic E-state index is 12.9. The SMILES string of the molecule is CCCCCCn1c(SCC(=O)NC(=O)N[C@H](C)CC)nc2ccccc2c1=O. The zero-order valence-electron chi connectivity index (χ0n) is 17.4. The number of fused-ring (bicyclic) bond motifs is 1. The van der Waals surface area contributed by atoms with E-state index in [0.29, 0.717) is 22.6 Å². The van der Waals surface area contributed by atoms with Gasteiger partial charge in [0.2, 0.25) is 5.91 Å². The maximum Gasteiger partial charge on any atom is 0.321 e. The lowest BCUT2D eigenvalue weighted by Crippen LogP contribution is -2.44. The molecule has 1 atom stereocenters. The molecule has 0 aliphatic carbocycles. The van der Waals surface area contributed by atoms with Crippen LogP contribution < -0.4 is 16.2 Å². The molecule has 0 saturated carbocycles. The van der Waals surface area contributed by atoms with Gasteiger partial charge in [-0.2, -0.15) is 0 Å². The summed E-state index contributed by atoms with van der Waals surface area (Å²) in [6.07, 6.45) is 4.93. The van der Waals surface area contributed by atoms with Crippen molar-refractivity contribution < 1.29 is 9.59 Å². The first-order chi connectivity index (χ1) is 14.0. The van der Waals surface area contributed by atoms with E-state index in [-0.39, 0.29) is 17.4 Å². The number of para-hydroxylation sites is 1. The summed E-state index contributed by atoms with van der Waals surface area (Å²) in [5.74, 6) is -0.413. The third-order valence-corrected chi connectivity index (χ3v) is 5.61. The highest BCUT2D eigenvalue weighted by molar-refractivity contribution is 7.99. The molecule has 2 N–H and O–H groups in total. The molecule has 3 amide bonds. The molecule has 0 bridgehead atoms. The van der Waals surface area contributed by atoms with Gasteiger partial charge in [0.25, 0.3) is 5.56 Å². The minimum atomic E-state index is -0.506. The number of aromatic nitrogens is 2. The monoisotopic (exact) mass is 418 g/mol. The number of urea groups is 1. The Labute approximate surface area is 175 Å². The van der Waals surface area contributed by atoms with Gasteiger partial charge < -0.3 is 5.32 Å². The maximum absolute atomic E-state index is 12.9. The van der Waals surface area contributed by atoms with E-state index in [1.165, 1.54) is 11.8 Å². The molecule has 0 spiro atoms. The van der Waals surface area contributed by atoms with Crippen molar-refractivity contribution in [3.05, 3.63) is 34.6 Å². The molecular weight excluding hydrogens is 388 g/mol. The van der Waals surface area contributed by atoms with Crippen LogP contribution in [0.1, 0.15) is 52.9 Å². The summed E-state index contributed by atoms with van der Waals surface area (Å²) >= 11 is 1.17. The van der Waals surface area contributed by atoms with Crippen LogP contribution in [0.4, 0.5) is 4.79 Å². The second kappa shape index (κ2) is 11.6. The lowest BCUT2D eigenvalue weighted by Gasteiger charge is -2.14. The highest BCUT2D eigenvalue weighted by Gasteiger charge is 2.15. The Morgan fingerprint density at radius 2 is 1.93 bits per heavy atom. The Hall–Kier alpha value is -2.35. The predicted octanol–water partition coefficient (Wildman–Crippen LogP) is 3.69. The highest BCUT2D eigenvalue weighted by Crippen LogP contribution is 2.18. The number of benzene rings is 1. The van der Waals surface area contributed by atoms with Crippen molar-refractivity contribution in [2.75, 3.05) is 5.75 Å². The van der Waals surface area contributed by atoms with Crippen LogP contribution >= 0.6 is 11.8 Å². The van der Waals surface area contributed by atoms with Crippen molar-refractivity contribution in [2.45, 2.75) is 70.6 Å². The summed E-state index contributed by atoms with van der Waals surface area (Å²) in [5.41, 5.74) is 0.518. The van der Waals surface area contributed by atoms with Gasteiger partial charge in [-0.1, -0.05) is 57.0 Å². The van der Waals surface area contributed by atoms with Crippen LogP contribution in [0, 0.1) is 0 Å². The Balaban J connectivity index is 2.12. The van der Waals surface area contributed by atoms with Crippen LogP contribution in [-0.2, 0) is 11.3 Å².